The number of rotatable bonds is 0. The van der Waals surface area contributed by atoms with Crippen molar-refractivity contribution in [3.63, 3.8) is 0 Å². The minimum atomic E-state index is 0. The first-order valence-electron chi connectivity index (χ1n) is 2.40. The second-order valence-corrected chi connectivity index (χ2v) is 3.07. The summed E-state index contributed by atoms with van der Waals surface area (Å²) in [4.78, 5) is 0. The van der Waals surface area contributed by atoms with Gasteiger partial charge in [0.25, 0.3) is 0 Å². The first-order chi connectivity index (χ1) is 3.79. The van der Waals surface area contributed by atoms with E-state index in [9.17, 15) is 0 Å². The molecule has 9 heavy (non-hydrogen) atoms. The number of anilines is 1. The van der Waals surface area contributed by atoms with Gasteiger partial charge in [0.15, 0.2) is 0 Å². The third-order valence-electron chi connectivity index (χ3n) is 0.936. The summed E-state index contributed by atoms with van der Waals surface area (Å²) in [5.41, 5.74) is 6.27. The van der Waals surface area contributed by atoms with Gasteiger partial charge in [0.05, 0.1) is 0 Å². The Bertz CT molecular complexity index is 152. The second kappa shape index (κ2) is 4.18. The van der Waals surface area contributed by atoms with Crippen molar-refractivity contribution in [3.05, 3.63) is 24.3 Å². The number of nitrogens with two attached hydrogens (primary N) is 1. The summed E-state index contributed by atoms with van der Waals surface area (Å²) in [6, 6.07) is 7.87. The first-order valence-corrected chi connectivity index (χ1v) is 3.61. The van der Waals surface area contributed by atoms with E-state index < -0.39 is 0 Å². The molecule has 1 unspecified atom stereocenters. The Balaban J connectivity index is 0.000000640. The van der Waals surface area contributed by atoms with Gasteiger partial charge in [-0.15, -0.1) is 0 Å². The summed E-state index contributed by atoms with van der Waals surface area (Å²) in [5, 5.41) is 0. The van der Waals surface area contributed by atoms with Crippen LogP contribution in [0.4, 0.5) is 5.69 Å². The van der Waals surface area contributed by atoms with Gasteiger partial charge in [-0.2, -0.15) is 0 Å². The summed E-state index contributed by atoms with van der Waals surface area (Å²) in [7, 11) is 0. The molecule has 0 bridgehead atoms. The summed E-state index contributed by atoms with van der Waals surface area (Å²) in [6.07, 6.45) is 0. The van der Waals surface area contributed by atoms with Gasteiger partial charge in [-0.3, -0.25) is 0 Å². The molecule has 3 heteroatoms. The molecular formula is C6H8AgAsN. The van der Waals surface area contributed by atoms with Crippen LogP contribution in [0.25, 0.3) is 0 Å². The Morgan fingerprint density at radius 1 is 1.11 bits per heavy atom. The van der Waals surface area contributed by atoms with Crippen molar-refractivity contribution in [2.75, 3.05) is 5.73 Å². The zero-order chi connectivity index (χ0) is 5.98. The van der Waals surface area contributed by atoms with E-state index in [1.165, 1.54) is 4.35 Å². The second-order valence-electron chi connectivity index (χ2n) is 1.67. The SMILES string of the molecule is Nc1ccc([AsH2])cc1.[Ag]. The van der Waals surface area contributed by atoms with Gasteiger partial charge in [0.2, 0.25) is 0 Å². The van der Waals surface area contributed by atoms with Crippen LogP contribution in [0, 0.1) is 0 Å². The standard InChI is InChI=1S/C6H8AsN.Ag/c7-5-1-3-6(8)4-2-5;/h1-4H,7-8H2;. The third kappa shape index (κ3) is 3.12. The Labute approximate surface area is 79.0 Å². The maximum absolute atomic E-state index is 5.43. The predicted molar refractivity (Wildman–Crippen MR) is 39.0 cm³/mol. The van der Waals surface area contributed by atoms with Crippen LogP contribution in [0.3, 0.4) is 0 Å². The molecule has 0 aliphatic heterocycles. The van der Waals surface area contributed by atoms with Gasteiger partial charge < -0.3 is 0 Å². The average Bonchev–Trinajstić information content (AvgIpc) is 1.77. The molecule has 1 radical (unpaired) electrons. The van der Waals surface area contributed by atoms with Gasteiger partial charge in [0.1, 0.15) is 0 Å². The molecule has 0 aromatic heterocycles. The molecule has 1 rings (SSSR count). The first kappa shape index (κ1) is 9.32. The molecule has 1 nitrogen and oxygen atoms in total. The summed E-state index contributed by atoms with van der Waals surface area (Å²) in [6.45, 7) is 0. The normalized spacial score (nSPS) is 8.11. The third-order valence-corrected chi connectivity index (χ3v) is 1.74. The molecule has 0 spiro atoms. The van der Waals surface area contributed by atoms with Gasteiger partial charge in [-0.1, -0.05) is 0 Å². The molecule has 0 heterocycles. The molecule has 1 atom stereocenters. The van der Waals surface area contributed by atoms with Crippen molar-refractivity contribution >= 4 is 26.9 Å². The summed E-state index contributed by atoms with van der Waals surface area (Å²) in [5.74, 6) is 0. The Morgan fingerprint density at radius 2 is 1.56 bits per heavy atom. The van der Waals surface area contributed by atoms with Crippen LogP contribution in [0.2, 0.25) is 0 Å². The molecule has 1 aromatic rings. The number of hydrogen-bond donors (Lipinski definition) is 1. The summed E-state index contributed by atoms with van der Waals surface area (Å²) < 4.78 is 1.31. The molecular weight excluding hydrogens is 269 g/mol. The van der Waals surface area contributed by atoms with Crippen molar-refractivity contribution in [3.8, 4) is 0 Å². The average molecular weight is 277 g/mol. The molecule has 0 saturated heterocycles. The molecule has 0 amide bonds. The van der Waals surface area contributed by atoms with Crippen LogP contribution in [0.5, 0.6) is 0 Å². The fraction of sp³-hybridized carbons (Fsp3) is 0. The van der Waals surface area contributed by atoms with E-state index in [4.69, 9.17) is 5.73 Å². The molecule has 53 valence electrons. The van der Waals surface area contributed by atoms with Crippen LogP contribution in [-0.4, -0.2) is 16.9 Å². The van der Waals surface area contributed by atoms with E-state index in [0.717, 1.165) is 5.69 Å². The van der Waals surface area contributed by atoms with E-state index in [2.05, 4.69) is 0 Å². The minimum Gasteiger partial charge on any atom is 0 e. The molecule has 0 aliphatic carbocycles. The van der Waals surface area contributed by atoms with Gasteiger partial charge in [0, 0.05) is 22.4 Å². The molecule has 0 aliphatic rings. The topological polar surface area (TPSA) is 26.0 Å². The smallest absolute Gasteiger partial charge is 0 e. The maximum atomic E-state index is 5.43. The largest absolute Gasteiger partial charge is 0 e. The van der Waals surface area contributed by atoms with Gasteiger partial charge in [-0.05, 0) is 0 Å². The van der Waals surface area contributed by atoms with Crippen LogP contribution >= 0.6 is 0 Å². The van der Waals surface area contributed by atoms with Crippen LogP contribution in [0.1, 0.15) is 0 Å². The molecule has 1 aromatic carbocycles. The summed E-state index contributed by atoms with van der Waals surface area (Å²) >= 11 is 1.62. The Hall–Kier alpha value is 0.319. The fourth-order valence-electron chi connectivity index (χ4n) is 0.496. The van der Waals surface area contributed by atoms with Crippen LogP contribution < -0.4 is 10.1 Å². The van der Waals surface area contributed by atoms with Crippen LogP contribution in [0.15, 0.2) is 24.3 Å². The molecule has 0 saturated carbocycles. The fourth-order valence-corrected chi connectivity index (χ4v) is 0.900. The van der Waals surface area contributed by atoms with Crippen molar-refractivity contribution in [1.29, 1.82) is 0 Å². The zero-order valence-corrected chi connectivity index (χ0v) is 8.67. The zero-order valence-electron chi connectivity index (χ0n) is 4.77. The van der Waals surface area contributed by atoms with Crippen molar-refractivity contribution in [2.24, 2.45) is 0 Å². The van der Waals surface area contributed by atoms with E-state index in [0.29, 0.717) is 0 Å². The maximum Gasteiger partial charge on any atom is 0 e. The van der Waals surface area contributed by atoms with E-state index in [1.54, 1.807) is 16.9 Å². The minimum absolute atomic E-state index is 0. The predicted octanol–water partition coefficient (Wildman–Crippen LogP) is -0.475. The number of nitrogen functional groups attached to an aromatic ring is 1. The van der Waals surface area contributed by atoms with Crippen molar-refractivity contribution < 1.29 is 22.4 Å². The number of benzene rings is 1. The Morgan fingerprint density at radius 3 is 1.89 bits per heavy atom. The monoisotopic (exact) mass is 276 g/mol. The number of hydrogen-bond acceptors (Lipinski definition) is 1. The van der Waals surface area contributed by atoms with E-state index >= 15 is 0 Å². The Kier molecular flexibility index (Phi) is 4.33. The van der Waals surface area contributed by atoms with Crippen molar-refractivity contribution in [2.45, 2.75) is 0 Å². The van der Waals surface area contributed by atoms with Crippen LogP contribution in [-0.2, 0) is 22.4 Å². The van der Waals surface area contributed by atoms with Crippen molar-refractivity contribution in [1.82, 2.24) is 0 Å². The van der Waals surface area contributed by atoms with E-state index in [1.807, 2.05) is 24.3 Å². The quantitative estimate of drug-likeness (QED) is 0.503. The molecule has 2 N–H and O–H groups in total. The van der Waals surface area contributed by atoms with Gasteiger partial charge >= 0.3 is 56.9 Å². The van der Waals surface area contributed by atoms with E-state index in [-0.39, 0.29) is 22.4 Å². The van der Waals surface area contributed by atoms with Gasteiger partial charge in [-0.25, -0.2) is 0 Å². The molecule has 0 fully saturated rings.